The third-order valence-electron chi connectivity index (χ3n) is 1.32. The zero-order valence-electron chi connectivity index (χ0n) is 5.81. The van der Waals surface area contributed by atoms with Crippen molar-refractivity contribution < 1.29 is 15.5 Å². The van der Waals surface area contributed by atoms with Crippen LogP contribution in [0.5, 0.6) is 0 Å². The Morgan fingerprint density at radius 1 is 1.27 bits per heavy atom. The monoisotopic (exact) mass is 155 g/mol. The topological polar surface area (TPSA) is 63.9 Å². The molecule has 11 heavy (non-hydrogen) atoms. The maximum Gasteiger partial charge on any atom is 0.0946 e. The van der Waals surface area contributed by atoms with E-state index in [2.05, 4.69) is 0 Å². The van der Waals surface area contributed by atoms with Crippen LogP contribution in [0.2, 0.25) is 0 Å². The molecular formula is C7H9NO3. The molecule has 0 atom stereocenters. The molecule has 0 fully saturated rings. The minimum Gasteiger partial charge on any atom is -0.392 e. The van der Waals surface area contributed by atoms with Crippen molar-refractivity contribution in [2.24, 2.45) is 0 Å². The van der Waals surface area contributed by atoms with Crippen LogP contribution in [0.3, 0.4) is 0 Å². The highest BCUT2D eigenvalue weighted by Gasteiger charge is 1.98. The Balaban J connectivity index is 2.91. The van der Waals surface area contributed by atoms with Crippen molar-refractivity contribution in [2.45, 2.75) is 6.61 Å². The zero-order valence-corrected chi connectivity index (χ0v) is 5.81. The van der Waals surface area contributed by atoms with Gasteiger partial charge in [0.2, 0.25) is 0 Å². The summed E-state index contributed by atoms with van der Waals surface area (Å²) < 4.78 is 0. The summed E-state index contributed by atoms with van der Waals surface area (Å²) in [6, 6.07) is 6.30. The van der Waals surface area contributed by atoms with Crippen LogP contribution in [0.4, 0.5) is 5.69 Å². The number of rotatable bonds is 2. The van der Waals surface area contributed by atoms with Gasteiger partial charge in [-0.2, -0.15) is 0 Å². The summed E-state index contributed by atoms with van der Waals surface area (Å²) in [5.41, 5.74) is 0.868. The van der Waals surface area contributed by atoms with Gasteiger partial charge in [0, 0.05) is 0 Å². The minimum atomic E-state index is -0.109. The van der Waals surface area contributed by atoms with Crippen molar-refractivity contribution in [3.63, 3.8) is 0 Å². The summed E-state index contributed by atoms with van der Waals surface area (Å²) in [5.74, 6) is 0. The highest BCUT2D eigenvalue weighted by Crippen LogP contribution is 2.12. The highest BCUT2D eigenvalue weighted by atomic mass is 16.8. The Bertz CT molecular complexity index is 237. The van der Waals surface area contributed by atoms with Crippen molar-refractivity contribution in [3.05, 3.63) is 29.8 Å². The molecule has 0 unspecified atom stereocenters. The van der Waals surface area contributed by atoms with Crippen molar-refractivity contribution in [2.75, 3.05) is 5.23 Å². The molecule has 4 heteroatoms. The summed E-state index contributed by atoms with van der Waals surface area (Å²) in [5, 5.41) is 25.8. The van der Waals surface area contributed by atoms with Crippen LogP contribution < -0.4 is 5.23 Å². The molecule has 0 aromatic heterocycles. The van der Waals surface area contributed by atoms with E-state index in [9.17, 15) is 0 Å². The molecule has 0 radical (unpaired) electrons. The Labute approximate surface area is 63.8 Å². The quantitative estimate of drug-likeness (QED) is 0.552. The molecule has 1 aromatic carbocycles. The fourth-order valence-electron chi connectivity index (χ4n) is 0.779. The Morgan fingerprint density at radius 3 is 2.55 bits per heavy atom. The van der Waals surface area contributed by atoms with Gasteiger partial charge in [-0.05, 0) is 17.7 Å². The van der Waals surface area contributed by atoms with Gasteiger partial charge < -0.3 is 5.11 Å². The molecule has 4 nitrogen and oxygen atoms in total. The third kappa shape index (κ3) is 1.91. The normalized spacial score (nSPS) is 9.73. The van der Waals surface area contributed by atoms with E-state index < -0.39 is 0 Å². The molecule has 0 spiro atoms. The van der Waals surface area contributed by atoms with Gasteiger partial charge in [-0.15, -0.1) is 5.23 Å². The molecule has 0 saturated carbocycles. The molecule has 3 N–H and O–H groups in total. The van der Waals surface area contributed by atoms with Gasteiger partial charge in [0.25, 0.3) is 0 Å². The van der Waals surface area contributed by atoms with Gasteiger partial charge in [-0.1, -0.05) is 12.1 Å². The maximum absolute atomic E-state index is 8.66. The van der Waals surface area contributed by atoms with E-state index in [4.69, 9.17) is 15.5 Å². The minimum absolute atomic E-state index is 0.0131. The van der Waals surface area contributed by atoms with Gasteiger partial charge in [0.05, 0.1) is 12.3 Å². The zero-order chi connectivity index (χ0) is 8.27. The summed E-state index contributed by atoms with van der Waals surface area (Å²) in [6.07, 6.45) is 0. The standard InChI is InChI=1S/C7H9NO3/c9-5-6-2-1-3-7(4-6)8(10)11/h1-4,9-11H,5H2. The summed E-state index contributed by atoms with van der Waals surface area (Å²) >= 11 is 0. The van der Waals surface area contributed by atoms with Crippen molar-refractivity contribution in [1.29, 1.82) is 0 Å². The second kappa shape index (κ2) is 3.34. The Hall–Kier alpha value is -1.10. The van der Waals surface area contributed by atoms with E-state index in [1.54, 1.807) is 12.1 Å². The smallest absolute Gasteiger partial charge is 0.0946 e. The molecule has 0 bridgehead atoms. The molecule has 0 amide bonds. The molecule has 0 saturated heterocycles. The number of anilines is 1. The SMILES string of the molecule is OCc1cccc(N(O)O)c1. The van der Waals surface area contributed by atoms with Crippen LogP contribution in [0.15, 0.2) is 24.3 Å². The largest absolute Gasteiger partial charge is 0.392 e. The first kappa shape index (κ1) is 8.00. The fraction of sp³-hybridized carbons (Fsp3) is 0.143. The average molecular weight is 155 g/mol. The van der Waals surface area contributed by atoms with Crippen LogP contribution >= 0.6 is 0 Å². The van der Waals surface area contributed by atoms with Gasteiger partial charge >= 0.3 is 0 Å². The number of hydrogen-bond acceptors (Lipinski definition) is 4. The van der Waals surface area contributed by atoms with Crippen LogP contribution in [-0.4, -0.2) is 15.5 Å². The van der Waals surface area contributed by atoms with Crippen molar-refractivity contribution >= 4 is 5.69 Å². The van der Waals surface area contributed by atoms with Gasteiger partial charge in [0.15, 0.2) is 0 Å². The first-order valence-electron chi connectivity index (χ1n) is 3.11. The van der Waals surface area contributed by atoms with Crippen LogP contribution in [0.1, 0.15) is 5.56 Å². The molecule has 0 heterocycles. The van der Waals surface area contributed by atoms with Gasteiger partial charge in [-0.3, -0.25) is 10.4 Å². The van der Waals surface area contributed by atoms with Gasteiger partial charge in [-0.25, -0.2) is 0 Å². The van der Waals surface area contributed by atoms with E-state index in [1.165, 1.54) is 12.1 Å². The first-order chi connectivity index (χ1) is 5.24. The lowest BCUT2D eigenvalue weighted by Crippen LogP contribution is -2.10. The van der Waals surface area contributed by atoms with Crippen LogP contribution in [-0.2, 0) is 6.61 Å². The number of nitrogens with zero attached hydrogens (tertiary/aromatic N) is 1. The molecule has 60 valence electrons. The second-order valence-electron chi connectivity index (χ2n) is 2.12. The Kier molecular flexibility index (Phi) is 2.43. The number of hydrogen-bond donors (Lipinski definition) is 3. The van der Waals surface area contributed by atoms with E-state index in [1.807, 2.05) is 0 Å². The molecule has 1 rings (SSSR count). The molecule has 0 aliphatic carbocycles. The highest BCUT2D eigenvalue weighted by molar-refractivity contribution is 5.43. The predicted molar refractivity (Wildman–Crippen MR) is 38.4 cm³/mol. The van der Waals surface area contributed by atoms with Crippen molar-refractivity contribution in [3.8, 4) is 0 Å². The lowest BCUT2D eigenvalue weighted by atomic mass is 10.2. The number of benzene rings is 1. The fourth-order valence-corrected chi connectivity index (χ4v) is 0.779. The molecule has 1 aromatic rings. The molecular weight excluding hydrogens is 146 g/mol. The van der Waals surface area contributed by atoms with Gasteiger partial charge in [0.1, 0.15) is 0 Å². The summed E-state index contributed by atoms with van der Waals surface area (Å²) in [7, 11) is 0. The third-order valence-corrected chi connectivity index (χ3v) is 1.32. The predicted octanol–water partition coefficient (Wildman–Crippen LogP) is 0.764. The number of aliphatic hydroxyl groups excluding tert-OH is 1. The number of aliphatic hydroxyl groups is 1. The van der Waals surface area contributed by atoms with Crippen LogP contribution in [0, 0.1) is 0 Å². The van der Waals surface area contributed by atoms with Crippen LogP contribution in [0.25, 0.3) is 0 Å². The van der Waals surface area contributed by atoms with E-state index in [-0.39, 0.29) is 17.5 Å². The first-order valence-corrected chi connectivity index (χ1v) is 3.11. The molecule has 0 aliphatic rings. The summed E-state index contributed by atoms with van der Waals surface area (Å²) in [6.45, 7) is -0.109. The second-order valence-corrected chi connectivity index (χ2v) is 2.12. The molecule has 0 aliphatic heterocycles. The average Bonchev–Trinajstić information content (AvgIpc) is 2.05. The van der Waals surface area contributed by atoms with Crippen molar-refractivity contribution in [1.82, 2.24) is 0 Å². The maximum atomic E-state index is 8.66. The summed E-state index contributed by atoms with van der Waals surface area (Å²) in [4.78, 5) is 0. The lowest BCUT2D eigenvalue weighted by molar-refractivity contribution is 0.0291. The van der Waals surface area contributed by atoms with E-state index in [0.717, 1.165) is 0 Å². The van der Waals surface area contributed by atoms with E-state index in [0.29, 0.717) is 5.56 Å². The lowest BCUT2D eigenvalue weighted by Gasteiger charge is -2.07. The Morgan fingerprint density at radius 2 is 2.00 bits per heavy atom. The van der Waals surface area contributed by atoms with E-state index >= 15 is 0 Å².